The Morgan fingerprint density at radius 3 is 2.62 bits per heavy atom. The SMILES string of the molecule is C/N=C(\Nc1ccc(C(=N)N)cc1)c1sc(-c2nc3cc(C)ccc3[nH]2)c2c1OCCO2. The maximum Gasteiger partial charge on any atom is 0.183 e. The summed E-state index contributed by atoms with van der Waals surface area (Å²) in [7, 11) is 1.73. The topological polar surface area (TPSA) is 121 Å². The number of nitrogen functional groups attached to an aromatic ring is 1. The fraction of sp³-hybridized carbons (Fsp3) is 0.174. The molecule has 8 nitrogen and oxygen atoms in total. The van der Waals surface area contributed by atoms with E-state index in [4.69, 9.17) is 25.6 Å². The summed E-state index contributed by atoms with van der Waals surface area (Å²) in [6.07, 6.45) is 0. The Balaban J connectivity index is 1.54. The van der Waals surface area contributed by atoms with Crippen LogP contribution in [-0.4, -0.2) is 41.9 Å². The molecule has 4 aromatic rings. The number of aliphatic imine (C=N–C) groups is 1. The van der Waals surface area contributed by atoms with Crippen molar-refractivity contribution in [1.29, 1.82) is 5.41 Å². The number of ether oxygens (including phenoxy) is 2. The van der Waals surface area contributed by atoms with Gasteiger partial charge in [-0.15, -0.1) is 11.3 Å². The summed E-state index contributed by atoms with van der Waals surface area (Å²) in [6, 6.07) is 13.5. The van der Waals surface area contributed by atoms with E-state index in [0.717, 1.165) is 37.9 Å². The fourth-order valence-electron chi connectivity index (χ4n) is 3.57. The molecule has 0 saturated carbocycles. The quantitative estimate of drug-likeness (QED) is 0.277. The zero-order valence-electron chi connectivity index (χ0n) is 17.7. The van der Waals surface area contributed by atoms with Crippen molar-refractivity contribution in [2.75, 3.05) is 25.6 Å². The van der Waals surface area contributed by atoms with E-state index >= 15 is 0 Å². The molecule has 0 amide bonds. The van der Waals surface area contributed by atoms with Gasteiger partial charge in [0.2, 0.25) is 0 Å². The molecule has 9 heteroatoms. The number of imidazole rings is 1. The molecule has 5 N–H and O–H groups in total. The molecule has 1 aliphatic heterocycles. The maximum absolute atomic E-state index is 7.55. The first-order valence-electron chi connectivity index (χ1n) is 10.1. The van der Waals surface area contributed by atoms with E-state index in [-0.39, 0.29) is 5.84 Å². The minimum Gasteiger partial charge on any atom is -0.484 e. The first-order valence-corrected chi connectivity index (χ1v) is 10.9. The minimum absolute atomic E-state index is 0.0319. The Kier molecular flexibility index (Phi) is 5.02. The number of aromatic amines is 1. The molecule has 0 bridgehead atoms. The number of benzene rings is 2. The van der Waals surface area contributed by atoms with Crippen molar-refractivity contribution < 1.29 is 9.47 Å². The fourth-order valence-corrected chi connectivity index (χ4v) is 4.69. The predicted octanol–water partition coefficient (Wildman–Crippen LogP) is 4.14. The van der Waals surface area contributed by atoms with Crippen LogP contribution < -0.4 is 20.5 Å². The average molecular weight is 447 g/mol. The highest BCUT2D eigenvalue weighted by atomic mass is 32.1. The maximum atomic E-state index is 7.55. The smallest absolute Gasteiger partial charge is 0.183 e. The number of rotatable bonds is 4. The molecule has 0 radical (unpaired) electrons. The second kappa shape index (κ2) is 8.01. The molecule has 32 heavy (non-hydrogen) atoms. The van der Waals surface area contributed by atoms with Gasteiger partial charge in [0, 0.05) is 18.3 Å². The molecule has 5 rings (SSSR count). The van der Waals surface area contributed by atoms with Gasteiger partial charge in [-0.1, -0.05) is 6.07 Å². The number of thiophene rings is 1. The van der Waals surface area contributed by atoms with Gasteiger partial charge in [0.05, 0.1) is 11.0 Å². The van der Waals surface area contributed by atoms with E-state index in [1.165, 1.54) is 11.3 Å². The summed E-state index contributed by atoms with van der Waals surface area (Å²) in [5.74, 6) is 2.78. The van der Waals surface area contributed by atoms with E-state index in [1.54, 1.807) is 19.2 Å². The van der Waals surface area contributed by atoms with Gasteiger partial charge in [0.15, 0.2) is 17.3 Å². The van der Waals surface area contributed by atoms with Gasteiger partial charge in [-0.25, -0.2) is 4.98 Å². The van der Waals surface area contributed by atoms with Gasteiger partial charge >= 0.3 is 0 Å². The lowest BCUT2D eigenvalue weighted by Gasteiger charge is -2.17. The number of amidine groups is 2. The number of anilines is 1. The van der Waals surface area contributed by atoms with Crippen molar-refractivity contribution in [2.24, 2.45) is 10.7 Å². The van der Waals surface area contributed by atoms with Crippen LogP contribution in [0.15, 0.2) is 47.5 Å². The summed E-state index contributed by atoms with van der Waals surface area (Å²) in [5, 5.41) is 10.9. The van der Waals surface area contributed by atoms with Crippen LogP contribution in [0.2, 0.25) is 0 Å². The van der Waals surface area contributed by atoms with E-state index in [0.29, 0.717) is 36.1 Å². The van der Waals surface area contributed by atoms with Gasteiger partial charge in [-0.3, -0.25) is 10.4 Å². The number of nitrogens with zero attached hydrogens (tertiary/aromatic N) is 2. The summed E-state index contributed by atoms with van der Waals surface area (Å²) in [6.45, 7) is 3.00. The molecule has 0 saturated heterocycles. The van der Waals surface area contributed by atoms with Crippen molar-refractivity contribution in [2.45, 2.75) is 6.92 Å². The molecular weight excluding hydrogens is 424 g/mol. The molecule has 0 atom stereocenters. The number of nitrogens with two attached hydrogens (primary N) is 1. The Bertz CT molecular complexity index is 1350. The Labute approximate surface area is 188 Å². The predicted molar refractivity (Wildman–Crippen MR) is 129 cm³/mol. The van der Waals surface area contributed by atoms with Crippen LogP contribution in [-0.2, 0) is 0 Å². The van der Waals surface area contributed by atoms with Crippen LogP contribution in [0.1, 0.15) is 16.0 Å². The first kappa shape index (κ1) is 20.1. The standard InChI is InChI=1S/C23H22N6O2S/c1-12-3-8-15-16(11-12)29-23(28-15)20-18-17(30-9-10-31-18)19(32-20)22(26-2)27-14-6-4-13(5-7-14)21(24)25/h3-8,11H,9-10H2,1-2H3,(H3,24,25)(H,26,27)(H,28,29). The van der Waals surface area contributed by atoms with E-state index in [1.807, 2.05) is 18.2 Å². The van der Waals surface area contributed by atoms with Crippen LogP contribution in [0.4, 0.5) is 5.69 Å². The third kappa shape index (κ3) is 3.56. The minimum atomic E-state index is 0.0319. The zero-order valence-corrected chi connectivity index (χ0v) is 18.5. The molecule has 162 valence electrons. The Morgan fingerprint density at radius 1 is 1.16 bits per heavy atom. The average Bonchev–Trinajstić information content (AvgIpc) is 3.39. The molecule has 0 aliphatic carbocycles. The van der Waals surface area contributed by atoms with Gasteiger partial charge in [-0.2, -0.15) is 0 Å². The van der Waals surface area contributed by atoms with Gasteiger partial charge in [0.25, 0.3) is 0 Å². The van der Waals surface area contributed by atoms with Crippen LogP contribution in [0, 0.1) is 12.3 Å². The summed E-state index contributed by atoms with van der Waals surface area (Å²) in [5.41, 5.74) is 10.1. The van der Waals surface area contributed by atoms with Crippen molar-refractivity contribution in [1.82, 2.24) is 9.97 Å². The number of aromatic nitrogens is 2. The highest BCUT2D eigenvalue weighted by Gasteiger charge is 2.29. The zero-order chi connectivity index (χ0) is 22.2. The summed E-state index contributed by atoms with van der Waals surface area (Å²) < 4.78 is 12.0. The van der Waals surface area contributed by atoms with Gasteiger partial charge in [0.1, 0.15) is 34.6 Å². The van der Waals surface area contributed by atoms with Crippen LogP contribution >= 0.6 is 11.3 Å². The van der Waals surface area contributed by atoms with Gasteiger partial charge < -0.3 is 25.5 Å². The number of H-pyrrole nitrogens is 1. The van der Waals surface area contributed by atoms with Crippen molar-refractivity contribution in [3.8, 4) is 22.2 Å². The lowest BCUT2D eigenvalue weighted by atomic mass is 10.2. The summed E-state index contributed by atoms with van der Waals surface area (Å²) in [4.78, 5) is 14.4. The lowest BCUT2D eigenvalue weighted by molar-refractivity contribution is 0.174. The number of nitrogens with one attached hydrogen (secondary N) is 3. The first-order chi connectivity index (χ1) is 15.5. The van der Waals surface area contributed by atoms with E-state index in [2.05, 4.69) is 34.3 Å². The molecule has 2 aromatic heterocycles. The molecular formula is C23H22N6O2S. The van der Waals surface area contributed by atoms with E-state index in [9.17, 15) is 0 Å². The van der Waals surface area contributed by atoms with Crippen molar-refractivity contribution in [3.05, 3.63) is 58.5 Å². The number of aryl methyl sites for hydroxylation is 1. The second-order valence-electron chi connectivity index (χ2n) is 7.41. The monoisotopic (exact) mass is 446 g/mol. The lowest BCUT2D eigenvalue weighted by Crippen LogP contribution is -2.18. The number of hydrogen-bond acceptors (Lipinski definition) is 6. The van der Waals surface area contributed by atoms with Crippen LogP contribution in [0.5, 0.6) is 11.5 Å². The second-order valence-corrected chi connectivity index (χ2v) is 8.43. The van der Waals surface area contributed by atoms with Crippen LogP contribution in [0.3, 0.4) is 0 Å². The molecule has 0 spiro atoms. The number of hydrogen-bond donors (Lipinski definition) is 4. The highest BCUT2D eigenvalue weighted by Crippen LogP contribution is 2.49. The summed E-state index contributed by atoms with van der Waals surface area (Å²) >= 11 is 1.52. The molecule has 3 heterocycles. The molecule has 1 aliphatic rings. The molecule has 0 fully saturated rings. The Morgan fingerprint density at radius 2 is 1.91 bits per heavy atom. The van der Waals surface area contributed by atoms with Crippen LogP contribution in [0.25, 0.3) is 21.7 Å². The van der Waals surface area contributed by atoms with Crippen molar-refractivity contribution in [3.63, 3.8) is 0 Å². The highest BCUT2D eigenvalue weighted by molar-refractivity contribution is 7.18. The Hall–Kier alpha value is -3.85. The molecule has 0 unspecified atom stereocenters. The van der Waals surface area contributed by atoms with E-state index < -0.39 is 0 Å². The third-order valence-corrected chi connectivity index (χ3v) is 6.32. The number of fused-ring (bicyclic) bond motifs is 2. The van der Waals surface area contributed by atoms with Crippen molar-refractivity contribution >= 4 is 39.7 Å². The molecule has 2 aromatic carbocycles. The normalized spacial score (nSPS) is 13.4. The third-order valence-electron chi connectivity index (χ3n) is 5.15. The van der Waals surface area contributed by atoms with Gasteiger partial charge in [-0.05, 0) is 48.9 Å². The largest absolute Gasteiger partial charge is 0.484 e.